The molecule has 0 saturated heterocycles. The molecule has 2 heterocycles. The van der Waals surface area contributed by atoms with Crippen LogP contribution in [0.1, 0.15) is 23.3 Å². The Morgan fingerprint density at radius 2 is 2.22 bits per heavy atom. The monoisotopic (exact) mass is 327 g/mol. The summed E-state index contributed by atoms with van der Waals surface area (Å²) in [6.07, 6.45) is 1.11. The zero-order valence-electron chi connectivity index (χ0n) is 12.1. The molecule has 0 amide bonds. The summed E-state index contributed by atoms with van der Waals surface area (Å²) in [4.78, 5) is 24.3. The van der Waals surface area contributed by atoms with Crippen molar-refractivity contribution in [1.29, 1.82) is 0 Å². The topological polar surface area (TPSA) is 57.5 Å². The van der Waals surface area contributed by atoms with Crippen LogP contribution in [0.2, 0.25) is 0 Å². The molecule has 1 aromatic carbocycles. The summed E-state index contributed by atoms with van der Waals surface area (Å²) in [5.74, 6) is -3.90. The number of carbonyl (C=O) groups is 1. The molecule has 0 saturated carbocycles. The molecule has 2 aromatic rings. The first-order valence-corrected chi connectivity index (χ1v) is 6.92. The molecule has 5 nitrogen and oxygen atoms in total. The van der Waals surface area contributed by atoms with Crippen LogP contribution in [0.15, 0.2) is 17.1 Å². The Morgan fingerprint density at radius 1 is 1.48 bits per heavy atom. The molecule has 1 atom stereocenters. The number of carbonyl (C=O) groups excluding carboxylic acids is 1. The first-order valence-electron chi connectivity index (χ1n) is 6.92. The van der Waals surface area contributed by atoms with E-state index in [9.17, 15) is 22.8 Å². The number of hydrogen-bond acceptors (Lipinski definition) is 4. The first kappa shape index (κ1) is 15.4. The van der Waals surface area contributed by atoms with Gasteiger partial charge in [-0.1, -0.05) is 0 Å². The van der Waals surface area contributed by atoms with Gasteiger partial charge in [-0.05, 0) is 13.0 Å². The number of nitrogens with zero attached hydrogens (tertiary/aromatic N) is 1. The number of ether oxygens (including phenoxy) is 2. The molecule has 1 aliphatic rings. The number of aromatic nitrogens is 1. The Balaban J connectivity index is 2.41. The Kier molecular flexibility index (Phi) is 3.75. The number of rotatable bonds is 3. The predicted octanol–water partition coefficient (Wildman–Crippen LogP) is 2.36. The van der Waals surface area contributed by atoms with E-state index in [2.05, 4.69) is 0 Å². The van der Waals surface area contributed by atoms with Gasteiger partial charge in [-0.3, -0.25) is 4.79 Å². The van der Waals surface area contributed by atoms with Crippen molar-refractivity contribution in [2.45, 2.75) is 13.0 Å². The summed E-state index contributed by atoms with van der Waals surface area (Å²) in [5.41, 5.74) is -1.26. The minimum absolute atomic E-state index is 0.0367. The van der Waals surface area contributed by atoms with E-state index in [1.807, 2.05) is 0 Å². The predicted molar refractivity (Wildman–Crippen MR) is 74.6 cm³/mol. The van der Waals surface area contributed by atoms with E-state index in [4.69, 9.17) is 9.47 Å². The lowest BCUT2D eigenvalue weighted by atomic mass is 10.1. The third kappa shape index (κ3) is 2.25. The highest BCUT2D eigenvalue weighted by molar-refractivity contribution is 5.95. The summed E-state index contributed by atoms with van der Waals surface area (Å²) in [6.45, 7) is 0.490. The smallest absolute Gasteiger partial charge is 0.343 e. The second-order valence-corrected chi connectivity index (χ2v) is 5.02. The van der Waals surface area contributed by atoms with E-state index < -0.39 is 41.5 Å². The van der Waals surface area contributed by atoms with E-state index in [1.165, 1.54) is 4.57 Å². The fourth-order valence-corrected chi connectivity index (χ4v) is 2.58. The summed E-state index contributed by atoms with van der Waals surface area (Å²) >= 11 is 0. The molecule has 1 aromatic heterocycles. The zero-order chi connectivity index (χ0) is 16.7. The molecule has 0 aliphatic carbocycles. The highest BCUT2D eigenvalue weighted by Crippen LogP contribution is 2.35. The third-order valence-electron chi connectivity index (χ3n) is 3.65. The Morgan fingerprint density at radius 3 is 2.87 bits per heavy atom. The zero-order valence-corrected chi connectivity index (χ0v) is 12.1. The number of hydrogen-bond donors (Lipinski definition) is 0. The van der Waals surface area contributed by atoms with Crippen LogP contribution in [-0.2, 0) is 4.74 Å². The van der Waals surface area contributed by atoms with Gasteiger partial charge in [0.2, 0.25) is 11.2 Å². The highest BCUT2D eigenvalue weighted by atomic mass is 19.2. The molecule has 0 bridgehead atoms. The van der Waals surface area contributed by atoms with Crippen LogP contribution in [0.25, 0.3) is 10.9 Å². The lowest BCUT2D eigenvalue weighted by molar-refractivity contribution is 0.0523. The Labute approximate surface area is 128 Å². The number of alkyl halides is 1. The van der Waals surface area contributed by atoms with Crippen LogP contribution < -0.4 is 10.2 Å². The molecule has 23 heavy (non-hydrogen) atoms. The number of pyridine rings is 1. The average Bonchev–Trinajstić information content (AvgIpc) is 2.54. The first-order chi connectivity index (χ1) is 11.0. The minimum atomic E-state index is -1.28. The summed E-state index contributed by atoms with van der Waals surface area (Å²) < 4.78 is 51.9. The lowest BCUT2D eigenvalue weighted by Crippen LogP contribution is -2.30. The van der Waals surface area contributed by atoms with Crippen LogP contribution in [0.4, 0.5) is 13.2 Å². The van der Waals surface area contributed by atoms with Crippen molar-refractivity contribution in [3.8, 4) is 5.75 Å². The fourth-order valence-electron chi connectivity index (χ4n) is 2.58. The van der Waals surface area contributed by atoms with Crippen LogP contribution >= 0.6 is 0 Å². The van der Waals surface area contributed by atoms with Crippen molar-refractivity contribution in [3.63, 3.8) is 0 Å². The van der Waals surface area contributed by atoms with Crippen molar-refractivity contribution in [3.05, 3.63) is 39.7 Å². The third-order valence-corrected chi connectivity index (χ3v) is 3.65. The molecule has 8 heteroatoms. The van der Waals surface area contributed by atoms with Gasteiger partial charge in [-0.2, -0.15) is 4.39 Å². The van der Waals surface area contributed by atoms with Gasteiger partial charge in [-0.25, -0.2) is 13.6 Å². The van der Waals surface area contributed by atoms with Gasteiger partial charge < -0.3 is 14.0 Å². The van der Waals surface area contributed by atoms with Crippen molar-refractivity contribution in [2.24, 2.45) is 0 Å². The molecule has 0 spiro atoms. The van der Waals surface area contributed by atoms with Crippen molar-refractivity contribution in [1.82, 2.24) is 4.57 Å². The van der Waals surface area contributed by atoms with Crippen LogP contribution in [0, 0.1) is 11.6 Å². The Hall–Kier alpha value is -2.51. The van der Waals surface area contributed by atoms with Crippen molar-refractivity contribution in [2.75, 3.05) is 19.9 Å². The maximum Gasteiger partial charge on any atom is 0.343 e. The lowest BCUT2D eigenvalue weighted by Gasteiger charge is -2.27. The second-order valence-electron chi connectivity index (χ2n) is 5.02. The SMILES string of the molecule is CCOC(=O)c1cn2c3c(c(F)c(F)cc3c1=O)OC[C@@H]2CF. The molecule has 0 N–H and O–H groups in total. The summed E-state index contributed by atoms with van der Waals surface area (Å²) in [6, 6.07) is -0.177. The molecular formula is C15H12F3NO4. The van der Waals surface area contributed by atoms with E-state index in [-0.39, 0.29) is 29.7 Å². The van der Waals surface area contributed by atoms with Gasteiger partial charge >= 0.3 is 5.97 Å². The van der Waals surface area contributed by atoms with Crippen LogP contribution in [-0.4, -0.2) is 30.4 Å². The molecule has 3 rings (SSSR count). The van der Waals surface area contributed by atoms with Gasteiger partial charge in [0.15, 0.2) is 11.6 Å². The van der Waals surface area contributed by atoms with Gasteiger partial charge in [0.1, 0.15) is 18.8 Å². The van der Waals surface area contributed by atoms with Gasteiger partial charge in [-0.15, -0.1) is 0 Å². The van der Waals surface area contributed by atoms with Gasteiger partial charge in [0, 0.05) is 6.20 Å². The van der Waals surface area contributed by atoms with Gasteiger partial charge in [0.25, 0.3) is 0 Å². The van der Waals surface area contributed by atoms with Gasteiger partial charge in [0.05, 0.1) is 23.6 Å². The average molecular weight is 327 g/mol. The van der Waals surface area contributed by atoms with Crippen molar-refractivity contribution >= 4 is 16.9 Å². The molecule has 0 unspecified atom stereocenters. The normalized spacial score (nSPS) is 16.3. The number of benzene rings is 1. The van der Waals surface area contributed by atoms with Crippen LogP contribution in [0.5, 0.6) is 5.75 Å². The molecular weight excluding hydrogens is 315 g/mol. The van der Waals surface area contributed by atoms with E-state index in [1.54, 1.807) is 6.92 Å². The van der Waals surface area contributed by atoms with E-state index >= 15 is 0 Å². The number of halogens is 3. The summed E-state index contributed by atoms with van der Waals surface area (Å²) in [7, 11) is 0. The fraction of sp³-hybridized carbons (Fsp3) is 0.333. The largest absolute Gasteiger partial charge is 0.486 e. The maximum atomic E-state index is 13.9. The Bertz CT molecular complexity index is 862. The van der Waals surface area contributed by atoms with E-state index in [0.29, 0.717) is 6.07 Å². The quantitative estimate of drug-likeness (QED) is 0.812. The standard InChI is InChI=1S/C15H12F3NO4/c1-2-22-15(21)9-5-19-7(4-16)6-23-14-11(18)10(17)3-8(12(14)19)13(9)20/h3,5,7H,2,4,6H2,1H3/t7-/m0/s1. The number of esters is 1. The van der Waals surface area contributed by atoms with Crippen molar-refractivity contribution < 1.29 is 27.4 Å². The molecule has 0 fully saturated rings. The maximum absolute atomic E-state index is 13.9. The van der Waals surface area contributed by atoms with E-state index in [0.717, 1.165) is 6.20 Å². The van der Waals surface area contributed by atoms with Crippen LogP contribution in [0.3, 0.4) is 0 Å². The minimum Gasteiger partial charge on any atom is -0.486 e. The second kappa shape index (κ2) is 5.60. The summed E-state index contributed by atoms with van der Waals surface area (Å²) in [5, 5.41) is -0.261. The molecule has 122 valence electrons. The highest BCUT2D eigenvalue weighted by Gasteiger charge is 2.30. The molecule has 0 radical (unpaired) electrons. The molecule has 1 aliphatic heterocycles.